The van der Waals surface area contributed by atoms with Crippen LogP contribution in [0.15, 0.2) is 0 Å². The van der Waals surface area contributed by atoms with E-state index in [0.29, 0.717) is 32.4 Å². The molecule has 0 fully saturated rings. The average molecular weight is 455 g/mol. The first kappa shape index (κ1) is 29.6. The number of carbonyl (C=O) groups is 2. The summed E-state index contributed by atoms with van der Waals surface area (Å²) in [7, 11) is 1.95. The molecule has 0 rings (SSSR count). The van der Waals surface area contributed by atoms with Gasteiger partial charge in [0, 0.05) is 25.9 Å². The van der Waals surface area contributed by atoms with Crippen molar-refractivity contribution < 1.29 is 9.59 Å². The van der Waals surface area contributed by atoms with Crippen LogP contribution in [0.25, 0.3) is 0 Å². The molecule has 10 heteroatoms. The zero-order chi connectivity index (χ0) is 23.9. The molecule has 32 heavy (non-hydrogen) atoms. The van der Waals surface area contributed by atoms with Gasteiger partial charge in [-0.15, -0.1) is 0 Å². The second-order valence-corrected chi connectivity index (χ2v) is 7.96. The first-order chi connectivity index (χ1) is 15.5. The Hall–Kier alpha value is -2.36. The summed E-state index contributed by atoms with van der Waals surface area (Å²) in [6, 6.07) is 0. The molecule has 0 aliphatic heterocycles. The SMILES string of the molecule is CCCCCCCNC(=N)NC(=N)NNC(=O)CCCCC(=O)NCCCCCCNC. The second-order valence-electron chi connectivity index (χ2n) is 7.96. The van der Waals surface area contributed by atoms with E-state index in [1.54, 1.807) is 0 Å². The second kappa shape index (κ2) is 21.9. The van der Waals surface area contributed by atoms with Crippen LogP contribution in [0.4, 0.5) is 0 Å². The molecule has 0 saturated heterocycles. The lowest BCUT2D eigenvalue weighted by Gasteiger charge is -2.13. The van der Waals surface area contributed by atoms with Gasteiger partial charge in [0.15, 0.2) is 5.96 Å². The van der Waals surface area contributed by atoms with Crippen LogP contribution in [0.5, 0.6) is 0 Å². The molecule has 0 aliphatic carbocycles. The normalized spacial score (nSPS) is 10.3. The minimum Gasteiger partial charge on any atom is -0.356 e. The summed E-state index contributed by atoms with van der Waals surface area (Å²) >= 11 is 0. The molecule has 0 radical (unpaired) electrons. The largest absolute Gasteiger partial charge is 0.356 e. The van der Waals surface area contributed by atoms with E-state index >= 15 is 0 Å². The number of unbranched alkanes of at least 4 members (excludes halogenated alkanes) is 8. The molecule has 8 N–H and O–H groups in total. The molecule has 0 unspecified atom stereocenters. The summed E-state index contributed by atoms with van der Waals surface area (Å²) in [4.78, 5) is 23.6. The standard InChI is InChI=1S/C22H46N8O2/c1-3-4-5-6-13-18-27-21(23)28-22(24)30-29-20(32)15-10-9-14-19(31)26-17-12-8-7-11-16-25-2/h25H,3-18H2,1-2H3,(H,26,31)(H,29,32)(H5,23,24,27,28,30). The zero-order valence-corrected chi connectivity index (χ0v) is 20.1. The van der Waals surface area contributed by atoms with E-state index in [0.717, 1.165) is 38.6 Å². The Bertz CT molecular complexity index is 528. The van der Waals surface area contributed by atoms with Gasteiger partial charge < -0.3 is 16.0 Å². The van der Waals surface area contributed by atoms with Gasteiger partial charge in [-0.05, 0) is 45.7 Å². The Morgan fingerprint density at radius 2 is 1.19 bits per heavy atom. The molecule has 0 spiro atoms. The van der Waals surface area contributed by atoms with Crippen molar-refractivity contribution in [2.45, 2.75) is 90.4 Å². The van der Waals surface area contributed by atoms with Crippen molar-refractivity contribution in [3.05, 3.63) is 0 Å². The Kier molecular flexibility index (Phi) is 20.2. The van der Waals surface area contributed by atoms with Crippen molar-refractivity contribution in [1.82, 2.24) is 32.1 Å². The molecule has 0 atom stereocenters. The predicted octanol–water partition coefficient (Wildman–Crippen LogP) is 2.08. The fourth-order valence-electron chi connectivity index (χ4n) is 3.00. The van der Waals surface area contributed by atoms with Crippen LogP contribution in [0.3, 0.4) is 0 Å². The fourth-order valence-corrected chi connectivity index (χ4v) is 3.00. The van der Waals surface area contributed by atoms with E-state index in [2.05, 4.69) is 39.0 Å². The minimum absolute atomic E-state index is 0.0243. The van der Waals surface area contributed by atoms with Crippen molar-refractivity contribution in [2.24, 2.45) is 0 Å². The van der Waals surface area contributed by atoms with Crippen LogP contribution >= 0.6 is 0 Å². The van der Waals surface area contributed by atoms with Crippen LogP contribution in [0, 0.1) is 10.8 Å². The lowest BCUT2D eigenvalue weighted by atomic mass is 10.1. The number of carbonyl (C=O) groups excluding carboxylic acids is 2. The van der Waals surface area contributed by atoms with Gasteiger partial charge in [0.2, 0.25) is 17.8 Å². The Labute approximate surface area is 193 Å². The molecule has 186 valence electrons. The summed E-state index contributed by atoms with van der Waals surface area (Å²) < 4.78 is 0. The van der Waals surface area contributed by atoms with E-state index in [1.165, 1.54) is 25.7 Å². The number of amides is 2. The highest BCUT2D eigenvalue weighted by Crippen LogP contribution is 2.02. The molecule has 0 aromatic rings. The molecule has 2 amide bonds. The van der Waals surface area contributed by atoms with Crippen LogP contribution in [-0.4, -0.2) is 50.4 Å². The topological polar surface area (TPSA) is 154 Å². The smallest absolute Gasteiger partial charge is 0.238 e. The fraction of sp³-hybridized carbons (Fsp3) is 0.818. The van der Waals surface area contributed by atoms with Gasteiger partial charge >= 0.3 is 0 Å². The Morgan fingerprint density at radius 3 is 1.81 bits per heavy atom. The highest BCUT2D eigenvalue weighted by atomic mass is 16.2. The number of hydrogen-bond donors (Lipinski definition) is 8. The van der Waals surface area contributed by atoms with Gasteiger partial charge in [0.1, 0.15) is 0 Å². The summed E-state index contributed by atoms with van der Waals surface area (Å²) in [5, 5.41) is 26.9. The van der Waals surface area contributed by atoms with Crippen molar-refractivity contribution in [3.8, 4) is 0 Å². The first-order valence-electron chi connectivity index (χ1n) is 12.1. The van der Waals surface area contributed by atoms with Crippen molar-refractivity contribution >= 4 is 23.7 Å². The van der Waals surface area contributed by atoms with Gasteiger partial charge in [0.25, 0.3) is 0 Å². The van der Waals surface area contributed by atoms with E-state index < -0.39 is 0 Å². The Morgan fingerprint density at radius 1 is 0.625 bits per heavy atom. The van der Waals surface area contributed by atoms with Crippen LogP contribution in [0.2, 0.25) is 0 Å². The Balaban J connectivity index is 3.58. The number of hydrazine groups is 1. The zero-order valence-electron chi connectivity index (χ0n) is 20.1. The van der Waals surface area contributed by atoms with Gasteiger partial charge in [-0.3, -0.25) is 36.6 Å². The summed E-state index contributed by atoms with van der Waals surface area (Å²) in [6.07, 6.45) is 12.1. The van der Waals surface area contributed by atoms with E-state index in [9.17, 15) is 9.59 Å². The van der Waals surface area contributed by atoms with E-state index in [1.807, 2.05) is 7.05 Å². The maximum atomic E-state index is 11.8. The molecular formula is C22H46N8O2. The summed E-state index contributed by atoms with van der Waals surface area (Å²) in [5.41, 5.74) is 4.87. The number of rotatable bonds is 18. The van der Waals surface area contributed by atoms with Crippen LogP contribution in [0.1, 0.15) is 90.4 Å². The minimum atomic E-state index is -0.256. The lowest BCUT2D eigenvalue weighted by Crippen LogP contribution is -2.51. The van der Waals surface area contributed by atoms with Crippen molar-refractivity contribution in [1.29, 1.82) is 10.8 Å². The summed E-state index contributed by atoms with van der Waals surface area (Å²) in [6.45, 7) is 4.60. The van der Waals surface area contributed by atoms with Gasteiger partial charge in [-0.2, -0.15) is 0 Å². The first-order valence-corrected chi connectivity index (χ1v) is 12.1. The highest BCUT2D eigenvalue weighted by Gasteiger charge is 2.05. The monoisotopic (exact) mass is 454 g/mol. The molecular weight excluding hydrogens is 408 g/mol. The third kappa shape index (κ3) is 20.9. The molecule has 0 bridgehead atoms. The molecule has 10 nitrogen and oxygen atoms in total. The number of nitrogens with one attached hydrogen (secondary N) is 8. The lowest BCUT2D eigenvalue weighted by molar-refractivity contribution is -0.123. The maximum absolute atomic E-state index is 11.8. The van der Waals surface area contributed by atoms with Crippen LogP contribution in [-0.2, 0) is 9.59 Å². The molecule has 0 saturated carbocycles. The third-order valence-corrected chi connectivity index (χ3v) is 4.89. The number of hydrogen-bond acceptors (Lipinski definition) is 5. The average Bonchev–Trinajstić information content (AvgIpc) is 2.77. The molecule has 0 aromatic heterocycles. The quantitative estimate of drug-likeness (QED) is 0.0686. The van der Waals surface area contributed by atoms with Crippen molar-refractivity contribution in [2.75, 3.05) is 26.7 Å². The van der Waals surface area contributed by atoms with E-state index in [4.69, 9.17) is 10.8 Å². The number of guanidine groups is 2. The summed E-state index contributed by atoms with van der Waals surface area (Å²) in [5.74, 6) is -0.376. The maximum Gasteiger partial charge on any atom is 0.238 e. The third-order valence-electron chi connectivity index (χ3n) is 4.89. The van der Waals surface area contributed by atoms with Gasteiger partial charge in [-0.25, -0.2) is 0 Å². The van der Waals surface area contributed by atoms with E-state index in [-0.39, 0.29) is 30.2 Å². The molecule has 0 aromatic carbocycles. The van der Waals surface area contributed by atoms with Gasteiger partial charge in [-0.1, -0.05) is 45.4 Å². The molecule has 0 aliphatic rings. The van der Waals surface area contributed by atoms with Crippen LogP contribution < -0.4 is 32.1 Å². The molecule has 0 heterocycles. The predicted molar refractivity (Wildman–Crippen MR) is 131 cm³/mol. The highest BCUT2D eigenvalue weighted by molar-refractivity contribution is 5.96. The van der Waals surface area contributed by atoms with Crippen molar-refractivity contribution in [3.63, 3.8) is 0 Å². The van der Waals surface area contributed by atoms with Gasteiger partial charge in [0.05, 0.1) is 0 Å².